The number of nitrogens with zero attached hydrogens (tertiary/aromatic N) is 2. The molecule has 0 unspecified atom stereocenters. The Morgan fingerprint density at radius 3 is 2.59 bits per heavy atom. The highest BCUT2D eigenvalue weighted by Gasteiger charge is 2.26. The highest BCUT2D eigenvalue weighted by atomic mass is 16.5. The van der Waals surface area contributed by atoms with Crippen molar-refractivity contribution in [1.82, 2.24) is 9.78 Å². The molecule has 7 heteroatoms. The SMILES string of the molecule is CC(C)(CO)Cn1nc(-c2ccc3cc(OC4CC4)ccc3c2)c(C(N)=O)c1N. The van der Waals surface area contributed by atoms with Gasteiger partial charge in [-0.2, -0.15) is 5.10 Å². The fraction of sp³-hybridized carbons (Fsp3) is 0.364. The molecule has 1 aliphatic rings. The van der Waals surface area contributed by atoms with Crippen LogP contribution in [0.3, 0.4) is 0 Å². The minimum absolute atomic E-state index is 0.0330. The monoisotopic (exact) mass is 394 g/mol. The van der Waals surface area contributed by atoms with Crippen LogP contribution in [0.4, 0.5) is 5.82 Å². The summed E-state index contributed by atoms with van der Waals surface area (Å²) in [5, 5.41) is 16.2. The molecule has 1 heterocycles. The molecule has 0 radical (unpaired) electrons. The van der Waals surface area contributed by atoms with Crippen LogP contribution in [0.15, 0.2) is 36.4 Å². The molecular formula is C22H26N4O3. The van der Waals surface area contributed by atoms with Crippen molar-refractivity contribution in [2.75, 3.05) is 12.3 Å². The molecule has 0 bridgehead atoms. The summed E-state index contributed by atoms with van der Waals surface area (Å²) in [7, 11) is 0. The molecule has 1 aliphatic carbocycles. The topological polar surface area (TPSA) is 116 Å². The maximum atomic E-state index is 12.1. The van der Waals surface area contributed by atoms with Crippen molar-refractivity contribution in [2.24, 2.45) is 11.1 Å². The summed E-state index contributed by atoms with van der Waals surface area (Å²) in [6, 6.07) is 11.8. The standard InChI is InChI=1S/C22H26N4O3/c1-22(2,12-27)11-26-20(23)18(21(24)28)19(25-26)15-4-3-14-10-17(29-16-7-8-16)6-5-13(14)9-15/h3-6,9-10,16,27H,7-8,11-12,23H2,1-2H3,(H2,24,28). The second-order valence-corrected chi connectivity index (χ2v) is 8.49. The van der Waals surface area contributed by atoms with Gasteiger partial charge >= 0.3 is 0 Å². The van der Waals surface area contributed by atoms with Gasteiger partial charge in [-0.25, -0.2) is 4.68 Å². The van der Waals surface area contributed by atoms with Crippen molar-refractivity contribution < 1.29 is 14.6 Å². The summed E-state index contributed by atoms with van der Waals surface area (Å²) < 4.78 is 7.41. The Labute approximate surface area is 169 Å². The van der Waals surface area contributed by atoms with E-state index in [1.165, 1.54) is 0 Å². The van der Waals surface area contributed by atoms with Crippen molar-refractivity contribution in [3.8, 4) is 17.0 Å². The van der Waals surface area contributed by atoms with E-state index in [1.807, 2.05) is 50.2 Å². The number of hydrogen-bond donors (Lipinski definition) is 3. The Morgan fingerprint density at radius 1 is 1.24 bits per heavy atom. The predicted molar refractivity (Wildman–Crippen MR) is 113 cm³/mol. The number of primary amides is 1. The van der Waals surface area contributed by atoms with Gasteiger partial charge < -0.3 is 21.3 Å². The summed E-state index contributed by atoms with van der Waals surface area (Å²) in [5.74, 6) is 0.450. The molecule has 0 atom stereocenters. The predicted octanol–water partition coefficient (Wildman–Crippen LogP) is 2.94. The van der Waals surface area contributed by atoms with Crippen LogP contribution in [0.2, 0.25) is 0 Å². The van der Waals surface area contributed by atoms with Gasteiger partial charge in [-0.15, -0.1) is 0 Å². The molecule has 5 N–H and O–H groups in total. The summed E-state index contributed by atoms with van der Waals surface area (Å²) >= 11 is 0. The molecule has 152 valence electrons. The molecule has 1 amide bonds. The van der Waals surface area contributed by atoms with Crippen LogP contribution in [-0.2, 0) is 6.54 Å². The molecular weight excluding hydrogens is 368 g/mol. The number of aromatic nitrogens is 2. The van der Waals surface area contributed by atoms with Gasteiger partial charge in [0.2, 0.25) is 0 Å². The first kappa shape index (κ1) is 19.3. The molecule has 1 fully saturated rings. The normalized spacial score (nSPS) is 14.3. The number of aliphatic hydroxyl groups is 1. The lowest BCUT2D eigenvalue weighted by Crippen LogP contribution is -2.25. The third kappa shape index (κ3) is 3.91. The lowest BCUT2D eigenvalue weighted by molar-refractivity contribution is 0.100. The number of nitrogen functional groups attached to an aromatic ring is 1. The minimum atomic E-state index is -0.626. The molecule has 0 aliphatic heterocycles. The maximum Gasteiger partial charge on any atom is 0.254 e. The zero-order valence-electron chi connectivity index (χ0n) is 16.7. The second kappa shape index (κ2) is 7.08. The molecule has 2 aromatic carbocycles. The number of ether oxygens (including phenoxy) is 1. The number of nitrogens with two attached hydrogens (primary N) is 2. The summed E-state index contributed by atoms with van der Waals surface area (Å²) in [6.45, 7) is 4.13. The van der Waals surface area contributed by atoms with Crippen molar-refractivity contribution in [3.63, 3.8) is 0 Å². The molecule has 4 rings (SSSR count). The third-order valence-corrected chi connectivity index (χ3v) is 5.16. The average Bonchev–Trinajstić information content (AvgIpc) is 3.43. The average molecular weight is 394 g/mol. The number of hydrogen-bond acceptors (Lipinski definition) is 5. The smallest absolute Gasteiger partial charge is 0.254 e. The zero-order valence-corrected chi connectivity index (χ0v) is 16.7. The van der Waals surface area contributed by atoms with Gasteiger partial charge in [-0.05, 0) is 41.8 Å². The summed E-state index contributed by atoms with van der Waals surface area (Å²) in [4.78, 5) is 12.1. The number of amides is 1. The van der Waals surface area contributed by atoms with E-state index < -0.39 is 11.3 Å². The fourth-order valence-corrected chi connectivity index (χ4v) is 3.32. The highest BCUT2D eigenvalue weighted by molar-refractivity contribution is 6.04. The van der Waals surface area contributed by atoms with E-state index in [-0.39, 0.29) is 18.0 Å². The van der Waals surface area contributed by atoms with Crippen molar-refractivity contribution >= 4 is 22.5 Å². The molecule has 1 saturated carbocycles. The first-order chi connectivity index (χ1) is 13.8. The number of aliphatic hydroxyl groups excluding tert-OH is 1. The van der Waals surface area contributed by atoms with Crippen LogP contribution in [-0.4, -0.2) is 33.5 Å². The largest absolute Gasteiger partial charge is 0.490 e. The quantitative estimate of drug-likeness (QED) is 0.570. The van der Waals surface area contributed by atoms with Crippen LogP contribution >= 0.6 is 0 Å². The van der Waals surface area contributed by atoms with E-state index in [0.717, 1.165) is 34.9 Å². The second-order valence-electron chi connectivity index (χ2n) is 8.49. The van der Waals surface area contributed by atoms with Crippen LogP contribution in [0.1, 0.15) is 37.0 Å². The molecule has 1 aromatic heterocycles. The number of rotatable bonds is 7. The number of benzene rings is 2. The van der Waals surface area contributed by atoms with Gasteiger partial charge in [0.1, 0.15) is 22.8 Å². The van der Waals surface area contributed by atoms with E-state index in [2.05, 4.69) is 5.10 Å². The maximum absolute atomic E-state index is 12.1. The zero-order chi connectivity index (χ0) is 20.8. The molecule has 3 aromatic rings. The van der Waals surface area contributed by atoms with Crippen LogP contribution < -0.4 is 16.2 Å². The number of anilines is 1. The van der Waals surface area contributed by atoms with E-state index >= 15 is 0 Å². The Balaban J connectivity index is 1.74. The molecule has 29 heavy (non-hydrogen) atoms. The highest BCUT2D eigenvalue weighted by Crippen LogP contribution is 2.33. The van der Waals surface area contributed by atoms with E-state index in [0.29, 0.717) is 18.3 Å². The Bertz CT molecular complexity index is 1080. The summed E-state index contributed by atoms with van der Waals surface area (Å²) in [5.41, 5.74) is 12.8. The Kier molecular flexibility index (Phi) is 4.70. The first-order valence-corrected chi connectivity index (χ1v) is 9.75. The van der Waals surface area contributed by atoms with Gasteiger partial charge in [0.15, 0.2) is 0 Å². The van der Waals surface area contributed by atoms with E-state index in [1.54, 1.807) is 4.68 Å². The van der Waals surface area contributed by atoms with Crippen molar-refractivity contribution in [1.29, 1.82) is 0 Å². The number of carbonyl (C=O) groups is 1. The van der Waals surface area contributed by atoms with E-state index in [9.17, 15) is 9.90 Å². The van der Waals surface area contributed by atoms with Crippen LogP contribution in [0.25, 0.3) is 22.0 Å². The van der Waals surface area contributed by atoms with Crippen LogP contribution in [0, 0.1) is 5.41 Å². The Morgan fingerprint density at radius 2 is 1.93 bits per heavy atom. The molecule has 0 saturated heterocycles. The van der Waals surface area contributed by atoms with Crippen LogP contribution in [0.5, 0.6) is 5.75 Å². The lowest BCUT2D eigenvalue weighted by Gasteiger charge is -2.21. The molecule has 7 nitrogen and oxygen atoms in total. The first-order valence-electron chi connectivity index (χ1n) is 9.75. The minimum Gasteiger partial charge on any atom is -0.490 e. The summed E-state index contributed by atoms with van der Waals surface area (Å²) in [6.07, 6.45) is 2.58. The number of carbonyl (C=O) groups excluding carboxylic acids is 1. The van der Waals surface area contributed by atoms with Gasteiger partial charge in [0, 0.05) is 17.6 Å². The Hall–Kier alpha value is -3.06. The van der Waals surface area contributed by atoms with Gasteiger partial charge in [0.25, 0.3) is 5.91 Å². The van der Waals surface area contributed by atoms with Crippen molar-refractivity contribution in [2.45, 2.75) is 39.3 Å². The molecule has 0 spiro atoms. The van der Waals surface area contributed by atoms with E-state index in [4.69, 9.17) is 16.2 Å². The van der Waals surface area contributed by atoms with Gasteiger partial charge in [-0.3, -0.25) is 4.79 Å². The lowest BCUT2D eigenvalue weighted by atomic mass is 9.95. The third-order valence-electron chi connectivity index (χ3n) is 5.16. The van der Waals surface area contributed by atoms with Gasteiger partial charge in [0.05, 0.1) is 12.6 Å². The number of fused-ring (bicyclic) bond motifs is 1. The van der Waals surface area contributed by atoms with Crippen molar-refractivity contribution in [3.05, 3.63) is 42.0 Å². The van der Waals surface area contributed by atoms with Gasteiger partial charge in [-0.1, -0.05) is 32.0 Å². The fourth-order valence-electron chi connectivity index (χ4n) is 3.32.